The molecule has 0 spiro atoms. The molecule has 1 atom stereocenters. The number of ether oxygens (including phenoxy) is 1. The van der Waals surface area contributed by atoms with E-state index < -0.39 is 12.0 Å². The summed E-state index contributed by atoms with van der Waals surface area (Å²) in [4.78, 5) is 10.6. The van der Waals surface area contributed by atoms with Crippen LogP contribution in [0.2, 0.25) is 5.02 Å². The Bertz CT molecular complexity index is 402. The van der Waals surface area contributed by atoms with Crippen LogP contribution >= 0.6 is 27.5 Å². The number of aliphatic carboxylic acids is 1. The molecule has 4 nitrogen and oxygen atoms in total. The van der Waals surface area contributed by atoms with E-state index in [4.69, 9.17) is 27.2 Å². The molecule has 1 aromatic rings. The fourth-order valence-corrected chi connectivity index (χ4v) is 2.41. The molecule has 1 aromatic carbocycles. The van der Waals surface area contributed by atoms with Crippen LogP contribution in [-0.4, -0.2) is 18.2 Å². The molecule has 0 radical (unpaired) electrons. The molecule has 0 aliphatic heterocycles. The maximum Gasteiger partial charge on any atom is 0.305 e. The summed E-state index contributed by atoms with van der Waals surface area (Å²) in [5.41, 5.74) is 7.27. The molecule has 1 rings (SSSR count). The highest BCUT2D eigenvalue weighted by molar-refractivity contribution is 9.10. The van der Waals surface area contributed by atoms with Gasteiger partial charge in [0.15, 0.2) is 0 Å². The van der Waals surface area contributed by atoms with Gasteiger partial charge in [-0.05, 0) is 17.7 Å². The first-order valence-corrected chi connectivity index (χ1v) is 6.07. The number of methoxy groups -OCH3 is 1. The summed E-state index contributed by atoms with van der Waals surface area (Å²) in [5, 5.41) is 9.19. The molecule has 0 amide bonds. The van der Waals surface area contributed by atoms with E-state index in [-0.39, 0.29) is 6.42 Å². The molecule has 0 bridgehead atoms. The van der Waals surface area contributed by atoms with Gasteiger partial charge in [-0.25, -0.2) is 0 Å². The van der Waals surface area contributed by atoms with Crippen LogP contribution in [0.5, 0.6) is 0 Å². The number of carboxylic acid groups (broad SMARTS) is 1. The molecule has 0 saturated heterocycles. The zero-order valence-corrected chi connectivity index (χ0v) is 11.6. The summed E-state index contributed by atoms with van der Waals surface area (Å²) in [6.45, 7) is 0.383. The van der Waals surface area contributed by atoms with Crippen LogP contribution in [0.1, 0.15) is 23.6 Å². The van der Waals surface area contributed by atoms with Crippen LogP contribution in [0.15, 0.2) is 16.6 Å². The number of carboxylic acids is 1. The molecule has 0 aromatic heterocycles. The Hall–Kier alpha value is -0.620. The van der Waals surface area contributed by atoms with Gasteiger partial charge >= 0.3 is 5.97 Å². The zero-order chi connectivity index (χ0) is 13.0. The van der Waals surface area contributed by atoms with Gasteiger partial charge in [0.1, 0.15) is 0 Å². The molecule has 0 aliphatic carbocycles. The molecule has 0 fully saturated rings. The van der Waals surface area contributed by atoms with Gasteiger partial charge in [0, 0.05) is 28.2 Å². The number of carbonyl (C=O) groups is 1. The SMILES string of the molecule is COCc1c(Cl)cc(C(N)CC(=O)O)cc1Br. The van der Waals surface area contributed by atoms with Crippen LogP contribution in [0.4, 0.5) is 0 Å². The highest BCUT2D eigenvalue weighted by Crippen LogP contribution is 2.30. The zero-order valence-electron chi connectivity index (χ0n) is 9.24. The molecule has 0 heterocycles. The van der Waals surface area contributed by atoms with Gasteiger partial charge in [0.05, 0.1) is 13.0 Å². The number of rotatable bonds is 5. The van der Waals surface area contributed by atoms with Crippen molar-refractivity contribution in [1.29, 1.82) is 0 Å². The van der Waals surface area contributed by atoms with E-state index in [0.717, 1.165) is 10.0 Å². The average Bonchev–Trinajstić information content (AvgIpc) is 2.22. The molecular weight excluding hydrogens is 309 g/mol. The summed E-state index contributed by atoms with van der Waals surface area (Å²) < 4.78 is 5.78. The van der Waals surface area contributed by atoms with Gasteiger partial charge < -0.3 is 15.6 Å². The third kappa shape index (κ3) is 3.96. The first-order chi connectivity index (χ1) is 7.95. The van der Waals surface area contributed by atoms with Crippen molar-refractivity contribution >= 4 is 33.5 Å². The third-order valence-corrected chi connectivity index (χ3v) is 3.32. The van der Waals surface area contributed by atoms with E-state index in [9.17, 15) is 4.79 Å². The minimum Gasteiger partial charge on any atom is -0.481 e. The lowest BCUT2D eigenvalue weighted by molar-refractivity contribution is -0.137. The third-order valence-electron chi connectivity index (χ3n) is 2.27. The van der Waals surface area contributed by atoms with Crippen molar-refractivity contribution in [2.24, 2.45) is 5.73 Å². The molecule has 3 N–H and O–H groups in total. The molecule has 94 valence electrons. The van der Waals surface area contributed by atoms with Crippen LogP contribution < -0.4 is 5.73 Å². The van der Waals surface area contributed by atoms with E-state index in [2.05, 4.69) is 15.9 Å². The van der Waals surface area contributed by atoms with Crippen molar-refractivity contribution in [2.45, 2.75) is 19.1 Å². The fraction of sp³-hybridized carbons (Fsp3) is 0.364. The van der Waals surface area contributed by atoms with Crippen LogP contribution in [0, 0.1) is 0 Å². The Morgan fingerprint density at radius 3 is 2.76 bits per heavy atom. The summed E-state index contributed by atoms with van der Waals surface area (Å²) >= 11 is 9.45. The lowest BCUT2D eigenvalue weighted by atomic mass is 10.0. The van der Waals surface area contributed by atoms with Gasteiger partial charge in [-0.2, -0.15) is 0 Å². The Balaban J connectivity index is 3.00. The maximum absolute atomic E-state index is 10.6. The minimum absolute atomic E-state index is 0.133. The van der Waals surface area contributed by atoms with Gasteiger partial charge in [0.2, 0.25) is 0 Å². The second-order valence-electron chi connectivity index (χ2n) is 3.60. The average molecular weight is 323 g/mol. The summed E-state index contributed by atoms with van der Waals surface area (Å²) in [5.74, 6) is -0.939. The van der Waals surface area contributed by atoms with Crippen molar-refractivity contribution in [2.75, 3.05) is 7.11 Å². The second kappa shape index (κ2) is 6.35. The predicted molar refractivity (Wildman–Crippen MR) is 69.0 cm³/mol. The minimum atomic E-state index is -0.939. The maximum atomic E-state index is 10.6. The standard InChI is InChI=1S/C11H13BrClNO3/c1-17-5-7-8(12)2-6(3-9(7)13)10(14)4-11(15)16/h2-3,10H,4-5,14H2,1H3,(H,15,16). The normalized spacial score (nSPS) is 12.5. The number of nitrogens with two attached hydrogens (primary N) is 1. The summed E-state index contributed by atoms with van der Waals surface area (Å²) in [6, 6.07) is 2.88. The van der Waals surface area contributed by atoms with Gasteiger partial charge in [-0.1, -0.05) is 27.5 Å². The fourth-order valence-electron chi connectivity index (χ4n) is 1.42. The first kappa shape index (κ1) is 14.4. The highest BCUT2D eigenvalue weighted by atomic mass is 79.9. The van der Waals surface area contributed by atoms with Gasteiger partial charge in [0.25, 0.3) is 0 Å². The van der Waals surface area contributed by atoms with Crippen molar-refractivity contribution in [3.63, 3.8) is 0 Å². The quantitative estimate of drug-likeness (QED) is 0.874. The van der Waals surface area contributed by atoms with E-state index in [1.807, 2.05) is 0 Å². The van der Waals surface area contributed by atoms with E-state index in [1.54, 1.807) is 19.2 Å². The number of benzene rings is 1. The Labute approximate surface area is 113 Å². The predicted octanol–water partition coefficient (Wildman–Crippen LogP) is 2.72. The van der Waals surface area contributed by atoms with Gasteiger partial charge in [-0.3, -0.25) is 4.79 Å². The second-order valence-corrected chi connectivity index (χ2v) is 4.86. The lowest BCUT2D eigenvalue weighted by Gasteiger charge is -2.13. The molecule has 6 heteroatoms. The van der Waals surface area contributed by atoms with Crippen LogP contribution in [0.3, 0.4) is 0 Å². The number of hydrogen-bond donors (Lipinski definition) is 2. The first-order valence-electron chi connectivity index (χ1n) is 4.89. The van der Waals surface area contributed by atoms with Crippen LogP contribution in [-0.2, 0) is 16.1 Å². The Morgan fingerprint density at radius 2 is 2.29 bits per heavy atom. The smallest absolute Gasteiger partial charge is 0.305 e. The topological polar surface area (TPSA) is 72.5 Å². The molecule has 17 heavy (non-hydrogen) atoms. The largest absolute Gasteiger partial charge is 0.481 e. The lowest BCUT2D eigenvalue weighted by Crippen LogP contribution is -2.15. The summed E-state index contributed by atoms with van der Waals surface area (Å²) in [7, 11) is 1.58. The van der Waals surface area contributed by atoms with Gasteiger partial charge in [-0.15, -0.1) is 0 Å². The molecule has 1 unspecified atom stereocenters. The van der Waals surface area contributed by atoms with E-state index >= 15 is 0 Å². The van der Waals surface area contributed by atoms with Crippen LogP contribution in [0.25, 0.3) is 0 Å². The van der Waals surface area contributed by atoms with E-state index in [1.165, 1.54) is 0 Å². The molecular formula is C11H13BrClNO3. The van der Waals surface area contributed by atoms with Crippen molar-refractivity contribution < 1.29 is 14.6 Å². The van der Waals surface area contributed by atoms with Crippen molar-refractivity contribution in [3.8, 4) is 0 Å². The summed E-state index contributed by atoms with van der Waals surface area (Å²) in [6.07, 6.45) is -0.133. The molecule has 0 aliphatic rings. The van der Waals surface area contributed by atoms with E-state index in [0.29, 0.717) is 17.2 Å². The monoisotopic (exact) mass is 321 g/mol. The highest BCUT2D eigenvalue weighted by Gasteiger charge is 2.14. The Kier molecular flexibility index (Phi) is 5.39. The van der Waals surface area contributed by atoms with Crippen molar-refractivity contribution in [3.05, 3.63) is 32.8 Å². The Morgan fingerprint density at radius 1 is 1.65 bits per heavy atom. The number of halogens is 2. The molecule has 0 saturated carbocycles. The number of hydrogen-bond acceptors (Lipinski definition) is 3. The van der Waals surface area contributed by atoms with Crippen molar-refractivity contribution in [1.82, 2.24) is 0 Å².